The molecule has 1 aromatic heterocycles. The number of fused-ring (bicyclic) bond motifs is 1. The van der Waals surface area contributed by atoms with E-state index in [-0.39, 0.29) is 24.2 Å². The summed E-state index contributed by atoms with van der Waals surface area (Å²) >= 11 is 0. The highest BCUT2D eigenvalue weighted by molar-refractivity contribution is 5.91. The van der Waals surface area contributed by atoms with Gasteiger partial charge >= 0.3 is 0 Å². The highest BCUT2D eigenvalue weighted by Gasteiger charge is 2.36. The second-order valence-electron chi connectivity index (χ2n) is 9.65. The van der Waals surface area contributed by atoms with Gasteiger partial charge < -0.3 is 14.4 Å². The van der Waals surface area contributed by atoms with Crippen LogP contribution in [-0.4, -0.2) is 45.8 Å². The summed E-state index contributed by atoms with van der Waals surface area (Å²) in [4.78, 5) is 31.4. The van der Waals surface area contributed by atoms with Gasteiger partial charge in [0.15, 0.2) is 0 Å². The molecule has 1 atom stereocenters. The zero-order valence-electron chi connectivity index (χ0n) is 21.5. The topological polar surface area (TPSA) is 45.6 Å². The van der Waals surface area contributed by atoms with Crippen molar-refractivity contribution in [1.82, 2.24) is 14.4 Å². The monoisotopic (exact) mass is 509 g/mol. The first-order valence-corrected chi connectivity index (χ1v) is 13.2. The molecule has 5 nitrogen and oxygen atoms in total. The summed E-state index contributed by atoms with van der Waals surface area (Å²) in [6.07, 6.45) is 2.68. The summed E-state index contributed by atoms with van der Waals surface area (Å²) in [7, 11) is 0. The molecular weight excluding hydrogens is 477 g/mol. The van der Waals surface area contributed by atoms with E-state index in [0.717, 1.165) is 23.2 Å². The van der Waals surface area contributed by atoms with Crippen LogP contribution in [0.4, 0.5) is 4.39 Å². The third-order valence-electron chi connectivity index (χ3n) is 7.20. The maximum absolute atomic E-state index is 15.0. The average molecular weight is 510 g/mol. The summed E-state index contributed by atoms with van der Waals surface area (Å²) in [5.74, 6) is -1.16. The Hall–Kier alpha value is -4.19. The standard InChI is InChI=1S/C32H32FN3O2/c1-2-19-35(32(38)30(24-12-5-3-6-13-24)25-14-7-4-8-15-25)23-29(37)36-22-21-34-20-11-18-28(34)31(36)26-16-9-10-17-27(26)33/h3-18,20,30-31H,2,19,21-23H2,1H3. The van der Waals surface area contributed by atoms with Crippen LogP contribution in [0.5, 0.6) is 0 Å². The van der Waals surface area contributed by atoms with Gasteiger partial charge in [-0.05, 0) is 35.7 Å². The Morgan fingerprint density at radius 1 is 0.868 bits per heavy atom. The van der Waals surface area contributed by atoms with Crippen molar-refractivity contribution in [2.45, 2.75) is 31.8 Å². The summed E-state index contributed by atoms with van der Waals surface area (Å²) in [5.41, 5.74) is 3.10. The molecule has 38 heavy (non-hydrogen) atoms. The zero-order chi connectivity index (χ0) is 26.5. The number of benzene rings is 3. The normalized spacial score (nSPS) is 14.8. The summed E-state index contributed by atoms with van der Waals surface area (Å²) in [5, 5.41) is 0. The summed E-state index contributed by atoms with van der Waals surface area (Å²) < 4.78 is 17.1. The Bertz CT molecular complexity index is 1350. The lowest BCUT2D eigenvalue weighted by molar-refractivity contribution is -0.142. The lowest BCUT2D eigenvalue weighted by Crippen LogP contribution is -2.49. The number of nitrogens with zero attached hydrogens (tertiary/aromatic N) is 3. The summed E-state index contributed by atoms with van der Waals surface area (Å²) in [6.45, 7) is 3.45. The van der Waals surface area contributed by atoms with Crippen LogP contribution in [0.3, 0.4) is 0 Å². The van der Waals surface area contributed by atoms with Crippen LogP contribution in [0.25, 0.3) is 0 Å². The second kappa shape index (κ2) is 11.5. The molecule has 0 N–H and O–H groups in total. The van der Waals surface area contributed by atoms with Crippen LogP contribution in [0.1, 0.15) is 47.7 Å². The molecule has 2 amide bonds. The van der Waals surface area contributed by atoms with Crippen LogP contribution < -0.4 is 0 Å². The van der Waals surface area contributed by atoms with E-state index in [1.54, 1.807) is 28.0 Å². The van der Waals surface area contributed by atoms with Crippen LogP contribution in [-0.2, 0) is 16.1 Å². The molecule has 0 radical (unpaired) electrons. The maximum Gasteiger partial charge on any atom is 0.243 e. The van der Waals surface area contributed by atoms with Crippen molar-refractivity contribution in [3.05, 3.63) is 131 Å². The van der Waals surface area contributed by atoms with Crippen molar-refractivity contribution in [3.8, 4) is 0 Å². The van der Waals surface area contributed by atoms with Crippen molar-refractivity contribution in [2.24, 2.45) is 0 Å². The third kappa shape index (κ3) is 5.12. The lowest BCUT2D eigenvalue weighted by Gasteiger charge is -2.39. The average Bonchev–Trinajstić information content (AvgIpc) is 3.43. The molecular formula is C32H32FN3O2. The fourth-order valence-electron chi connectivity index (χ4n) is 5.42. The first-order chi connectivity index (χ1) is 18.6. The first-order valence-electron chi connectivity index (χ1n) is 13.2. The Morgan fingerprint density at radius 2 is 1.50 bits per heavy atom. The predicted molar refractivity (Wildman–Crippen MR) is 146 cm³/mol. The van der Waals surface area contributed by atoms with Crippen LogP contribution >= 0.6 is 0 Å². The van der Waals surface area contributed by atoms with Crippen molar-refractivity contribution >= 4 is 11.8 Å². The maximum atomic E-state index is 15.0. The van der Waals surface area contributed by atoms with Gasteiger partial charge in [0.05, 0.1) is 12.5 Å². The molecule has 0 fully saturated rings. The minimum atomic E-state index is -0.551. The quantitative estimate of drug-likeness (QED) is 0.309. The third-order valence-corrected chi connectivity index (χ3v) is 7.20. The minimum absolute atomic E-state index is 0.0610. The van der Waals surface area contributed by atoms with Gasteiger partial charge in [-0.3, -0.25) is 9.59 Å². The molecule has 5 rings (SSSR count). The highest BCUT2D eigenvalue weighted by atomic mass is 19.1. The van der Waals surface area contributed by atoms with E-state index >= 15 is 0 Å². The summed E-state index contributed by atoms with van der Waals surface area (Å²) in [6, 6.07) is 29.3. The molecule has 0 bridgehead atoms. The SMILES string of the molecule is CCCN(CC(=O)N1CCn2cccc2C1c1ccccc1F)C(=O)C(c1ccccc1)c1ccccc1. The fraction of sp³-hybridized carbons (Fsp3) is 0.250. The van der Waals surface area contributed by atoms with E-state index in [4.69, 9.17) is 0 Å². The Labute approximate surface area is 223 Å². The van der Waals surface area contributed by atoms with Crippen LogP contribution in [0, 0.1) is 5.82 Å². The van der Waals surface area contributed by atoms with Gasteiger partial charge in [0.2, 0.25) is 11.8 Å². The molecule has 6 heteroatoms. The van der Waals surface area contributed by atoms with Crippen LogP contribution in [0.2, 0.25) is 0 Å². The molecule has 0 saturated heterocycles. The van der Waals surface area contributed by atoms with E-state index in [9.17, 15) is 14.0 Å². The van der Waals surface area contributed by atoms with Gasteiger partial charge in [-0.15, -0.1) is 0 Å². The van der Waals surface area contributed by atoms with Gasteiger partial charge in [0.25, 0.3) is 0 Å². The molecule has 4 aromatic rings. The smallest absolute Gasteiger partial charge is 0.243 e. The molecule has 0 saturated carbocycles. The van der Waals surface area contributed by atoms with Gasteiger partial charge in [-0.2, -0.15) is 0 Å². The fourth-order valence-corrected chi connectivity index (χ4v) is 5.42. The zero-order valence-corrected chi connectivity index (χ0v) is 21.5. The Balaban J connectivity index is 1.46. The second-order valence-corrected chi connectivity index (χ2v) is 9.65. The van der Waals surface area contributed by atoms with Crippen molar-refractivity contribution in [2.75, 3.05) is 19.6 Å². The predicted octanol–water partition coefficient (Wildman–Crippen LogP) is 5.63. The van der Waals surface area contributed by atoms with Crippen molar-refractivity contribution < 1.29 is 14.0 Å². The van der Waals surface area contributed by atoms with Crippen molar-refractivity contribution in [3.63, 3.8) is 0 Å². The lowest BCUT2D eigenvalue weighted by atomic mass is 9.90. The van der Waals surface area contributed by atoms with Gasteiger partial charge in [-0.25, -0.2) is 4.39 Å². The van der Waals surface area contributed by atoms with E-state index < -0.39 is 12.0 Å². The first kappa shape index (κ1) is 25.5. The minimum Gasteiger partial charge on any atom is -0.348 e. The molecule has 0 aliphatic carbocycles. The number of hydrogen-bond acceptors (Lipinski definition) is 2. The molecule has 3 aromatic carbocycles. The Kier molecular flexibility index (Phi) is 7.68. The molecule has 1 unspecified atom stereocenters. The van der Waals surface area contributed by atoms with Gasteiger partial charge in [0.1, 0.15) is 11.9 Å². The van der Waals surface area contributed by atoms with E-state index in [2.05, 4.69) is 4.57 Å². The number of rotatable bonds is 8. The van der Waals surface area contributed by atoms with E-state index in [1.807, 2.05) is 85.9 Å². The van der Waals surface area contributed by atoms with Gasteiger partial charge in [-0.1, -0.05) is 85.8 Å². The molecule has 1 aliphatic heterocycles. The number of halogens is 1. The number of hydrogen-bond donors (Lipinski definition) is 0. The molecule has 1 aliphatic rings. The number of carbonyl (C=O) groups is 2. The van der Waals surface area contributed by atoms with Gasteiger partial charge in [0, 0.05) is 37.1 Å². The van der Waals surface area contributed by atoms with Crippen LogP contribution in [0.15, 0.2) is 103 Å². The largest absolute Gasteiger partial charge is 0.348 e. The van der Waals surface area contributed by atoms with E-state index in [0.29, 0.717) is 25.2 Å². The molecule has 0 spiro atoms. The Morgan fingerprint density at radius 3 is 2.13 bits per heavy atom. The van der Waals surface area contributed by atoms with E-state index in [1.165, 1.54) is 6.07 Å². The molecule has 2 heterocycles. The number of aromatic nitrogens is 1. The van der Waals surface area contributed by atoms with Crippen molar-refractivity contribution in [1.29, 1.82) is 0 Å². The molecule has 194 valence electrons. The number of carbonyl (C=O) groups excluding carboxylic acids is 2. The number of amides is 2. The highest BCUT2D eigenvalue weighted by Crippen LogP contribution is 2.34.